The Hall–Kier alpha value is -2.40. The molecular weight excluding hydrogens is 316 g/mol. The van der Waals surface area contributed by atoms with Gasteiger partial charge in [-0.2, -0.15) is 0 Å². The minimum absolute atomic E-state index is 0.0971. The second-order valence-electron chi connectivity index (χ2n) is 6.51. The number of hydrogen-bond acceptors (Lipinski definition) is 4. The summed E-state index contributed by atoms with van der Waals surface area (Å²) in [6.07, 6.45) is 7.29. The van der Waals surface area contributed by atoms with Crippen LogP contribution in [-0.4, -0.2) is 24.6 Å². The van der Waals surface area contributed by atoms with Gasteiger partial charge in [0, 0.05) is 37.4 Å². The second kappa shape index (κ2) is 8.12. The van der Waals surface area contributed by atoms with Crippen molar-refractivity contribution in [3.05, 3.63) is 54.4 Å². The first kappa shape index (κ1) is 17.4. The van der Waals surface area contributed by atoms with E-state index in [2.05, 4.69) is 10.3 Å². The lowest BCUT2D eigenvalue weighted by atomic mass is 9.66. The topological polar surface area (TPSA) is 60.5 Å². The van der Waals surface area contributed by atoms with Crippen LogP contribution in [0.15, 0.2) is 48.8 Å². The third kappa shape index (κ3) is 4.37. The van der Waals surface area contributed by atoms with Crippen molar-refractivity contribution in [3.8, 4) is 5.75 Å². The van der Waals surface area contributed by atoms with Gasteiger partial charge in [0.15, 0.2) is 0 Å². The lowest BCUT2D eigenvalue weighted by molar-refractivity contribution is -0.131. The zero-order chi connectivity index (χ0) is 17.5. The zero-order valence-corrected chi connectivity index (χ0v) is 14.5. The summed E-state index contributed by atoms with van der Waals surface area (Å²) in [6.45, 7) is 1.09. The van der Waals surface area contributed by atoms with Gasteiger partial charge in [0.1, 0.15) is 12.4 Å². The van der Waals surface area contributed by atoms with Crippen LogP contribution in [0.5, 0.6) is 5.75 Å². The molecular formula is C20H24N2O3. The van der Waals surface area contributed by atoms with Crippen molar-refractivity contribution in [3.63, 3.8) is 0 Å². The summed E-state index contributed by atoms with van der Waals surface area (Å²) in [6, 6.07) is 11.3. The normalized spacial score (nSPS) is 15.2. The third-order valence-electron chi connectivity index (χ3n) is 4.82. The molecule has 132 valence electrons. The van der Waals surface area contributed by atoms with Gasteiger partial charge in [0.25, 0.3) is 0 Å². The number of amides is 1. The lowest BCUT2D eigenvalue weighted by Gasteiger charge is -2.40. The van der Waals surface area contributed by atoms with E-state index in [4.69, 9.17) is 9.47 Å². The monoisotopic (exact) mass is 340 g/mol. The second-order valence-corrected chi connectivity index (χ2v) is 6.51. The fourth-order valence-electron chi connectivity index (χ4n) is 3.04. The third-order valence-corrected chi connectivity index (χ3v) is 4.82. The molecule has 1 N–H and O–H groups in total. The number of pyridine rings is 1. The summed E-state index contributed by atoms with van der Waals surface area (Å²) in [4.78, 5) is 16.7. The predicted octanol–water partition coefficient (Wildman–Crippen LogP) is 3.81. The first-order valence-electron chi connectivity index (χ1n) is 8.64. The Bertz CT molecular complexity index is 682. The predicted molar refractivity (Wildman–Crippen MR) is 96.4 cm³/mol. The Morgan fingerprint density at radius 2 is 2.04 bits per heavy atom. The Balaban J connectivity index is 1.54. The van der Waals surface area contributed by atoms with E-state index >= 15 is 0 Å². The molecule has 0 bridgehead atoms. The van der Waals surface area contributed by atoms with Crippen molar-refractivity contribution in [2.24, 2.45) is 5.41 Å². The largest absolute Gasteiger partial charge is 0.489 e. The molecule has 0 saturated heterocycles. The van der Waals surface area contributed by atoms with E-state index in [1.807, 2.05) is 36.4 Å². The number of benzene rings is 1. The highest BCUT2D eigenvalue weighted by molar-refractivity contribution is 5.95. The highest BCUT2D eigenvalue weighted by Gasteiger charge is 2.43. The first-order chi connectivity index (χ1) is 12.2. The van der Waals surface area contributed by atoms with Crippen LogP contribution in [0.3, 0.4) is 0 Å². The molecule has 5 nitrogen and oxygen atoms in total. The van der Waals surface area contributed by atoms with Crippen molar-refractivity contribution in [2.45, 2.75) is 32.3 Å². The number of anilines is 1. The maximum atomic E-state index is 12.6. The average Bonchev–Trinajstić information content (AvgIpc) is 2.61. The number of hydrogen-bond donors (Lipinski definition) is 1. The van der Waals surface area contributed by atoms with E-state index in [-0.39, 0.29) is 11.3 Å². The van der Waals surface area contributed by atoms with Crippen LogP contribution >= 0.6 is 0 Å². The number of nitrogens with one attached hydrogen (secondary N) is 1. The van der Waals surface area contributed by atoms with Crippen LogP contribution < -0.4 is 10.1 Å². The van der Waals surface area contributed by atoms with Crippen molar-refractivity contribution in [1.29, 1.82) is 0 Å². The Morgan fingerprint density at radius 1 is 1.24 bits per heavy atom. The summed E-state index contributed by atoms with van der Waals surface area (Å²) in [5, 5.41) is 3.03. The molecule has 2 aromatic rings. The van der Waals surface area contributed by atoms with E-state index in [0.717, 1.165) is 42.7 Å². The molecule has 0 radical (unpaired) electrons. The summed E-state index contributed by atoms with van der Waals surface area (Å²) >= 11 is 0. The van der Waals surface area contributed by atoms with Crippen LogP contribution in [0.1, 0.15) is 31.2 Å². The molecule has 0 atom stereocenters. The molecule has 1 aliphatic rings. The van der Waals surface area contributed by atoms with E-state index < -0.39 is 0 Å². The number of rotatable bonds is 8. The average molecular weight is 340 g/mol. The van der Waals surface area contributed by atoms with Gasteiger partial charge in [0.05, 0.1) is 5.41 Å². The maximum absolute atomic E-state index is 12.6. The molecule has 1 heterocycles. The Kier molecular flexibility index (Phi) is 5.66. The molecule has 0 unspecified atom stereocenters. The van der Waals surface area contributed by atoms with Crippen LogP contribution in [0, 0.1) is 5.41 Å². The van der Waals surface area contributed by atoms with Gasteiger partial charge in [-0.05, 0) is 49.6 Å². The van der Waals surface area contributed by atoms with Crippen molar-refractivity contribution >= 4 is 11.6 Å². The van der Waals surface area contributed by atoms with Crippen LogP contribution in [0.25, 0.3) is 0 Å². The van der Waals surface area contributed by atoms with Crippen LogP contribution in [-0.2, 0) is 16.1 Å². The highest BCUT2D eigenvalue weighted by Crippen LogP contribution is 2.44. The molecule has 25 heavy (non-hydrogen) atoms. The van der Waals surface area contributed by atoms with Gasteiger partial charge in [-0.3, -0.25) is 9.78 Å². The van der Waals surface area contributed by atoms with Gasteiger partial charge < -0.3 is 14.8 Å². The van der Waals surface area contributed by atoms with Crippen LogP contribution in [0.2, 0.25) is 0 Å². The molecule has 1 saturated carbocycles. The molecule has 1 aromatic carbocycles. The molecule has 1 aromatic heterocycles. The van der Waals surface area contributed by atoms with Gasteiger partial charge in [-0.15, -0.1) is 0 Å². The highest BCUT2D eigenvalue weighted by atomic mass is 16.5. The molecule has 1 amide bonds. The van der Waals surface area contributed by atoms with E-state index in [9.17, 15) is 4.79 Å². The number of methoxy groups -OCH3 is 1. The summed E-state index contributed by atoms with van der Waals surface area (Å²) in [7, 11) is 1.68. The SMILES string of the molecule is COCCC1(C(=O)Nc2ccc(OCc3cccnc3)cc2)CCC1. The maximum Gasteiger partial charge on any atom is 0.230 e. The first-order valence-corrected chi connectivity index (χ1v) is 8.64. The molecule has 3 rings (SSSR count). The number of nitrogens with zero attached hydrogens (tertiary/aromatic N) is 1. The Labute approximate surface area is 148 Å². The van der Waals surface area contributed by atoms with Crippen molar-refractivity contribution in [2.75, 3.05) is 19.0 Å². The summed E-state index contributed by atoms with van der Waals surface area (Å²) in [5.41, 5.74) is 1.55. The fourth-order valence-corrected chi connectivity index (χ4v) is 3.04. The molecule has 0 aliphatic heterocycles. The fraction of sp³-hybridized carbons (Fsp3) is 0.400. The summed E-state index contributed by atoms with van der Waals surface area (Å²) < 4.78 is 10.9. The minimum Gasteiger partial charge on any atom is -0.489 e. The molecule has 5 heteroatoms. The van der Waals surface area contributed by atoms with Crippen LogP contribution in [0.4, 0.5) is 5.69 Å². The van der Waals surface area contributed by atoms with E-state index in [1.165, 1.54) is 0 Å². The number of carbonyl (C=O) groups is 1. The summed E-state index contributed by atoms with van der Waals surface area (Å²) in [5.74, 6) is 0.861. The van der Waals surface area contributed by atoms with Crippen molar-refractivity contribution in [1.82, 2.24) is 4.98 Å². The van der Waals surface area contributed by atoms with Gasteiger partial charge in [-0.25, -0.2) is 0 Å². The van der Waals surface area contributed by atoms with Gasteiger partial charge in [-0.1, -0.05) is 12.5 Å². The smallest absolute Gasteiger partial charge is 0.230 e. The van der Waals surface area contributed by atoms with Gasteiger partial charge >= 0.3 is 0 Å². The number of carbonyl (C=O) groups excluding carboxylic acids is 1. The quantitative estimate of drug-likeness (QED) is 0.794. The Morgan fingerprint density at radius 3 is 2.64 bits per heavy atom. The minimum atomic E-state index is -0.258. The number of aromatic nitrogens is 1. The van der Waals surface area contributed by atoms with E-state index in [1.54, 1.807) is 19.5 Å². The van der Waals surface area contributed by atoms with E-state index in [0.29, 0.717) is 13.2 Å². The molecule has 0 spiro atoms. The lowest BCUT2D eigenvalue weighted by Crippen LogP contribution is -2.42. The van der Waals surface area contributed by atoms with Gasteiger partial charge in [0.2, 0.25) is 5.91 Å². The standard InChI is InChI=1S/C20H24N2O3/c1-24-13-11-20(9-3-10-20)19(23)22-17-5-7-18(8-6-17)25-15-16-4-2-12-21-14-16/h2,4-8,12,14H,3,9-11,13,15H2,1H3,(H,22,23). The zero-order valence-electron chi connectivity index (χ0n) is 14.5. The molecule has 1 fully saturated rings. The number of ether oxygens (including phenoxy) is 2. The van der Waals surface area contributed by atoms with Crippen molar-refractivity contribution < 1.29 is 14.3 Å². The molecule has 1 aliphatic carbocycles.